The van der Waals surface area contributed by atoms with Crippen molar-refractivity contribution in [3.8, 4) is 17.1 Å². The Morgan fingerprint density at radius 2 is 1.71 bits per heavy atom. The molecule has 1 atom stereocenters. The Morgan fingerprint density at radius 3 is 2.39 bits per heavy atom. The highest BCUT2D eigenvalue weighted by atomic mass is 32.1. The minimum Gasteiger partial charge on any atom is -0.494 e. The number of nitrogens with zero attached hydrogens (tertiary/aromatic N) is 2. The van der Waals surface area contributed by atoms with Crippen molar-refractivity contribution in [2.24, 2.45) is 4.99 Å². The third kappa shape index (κ3) is 6.91. The van der Waals surface area contributed by atoms with E-state index in [1.165, 1.54) is 11.3 Å². The number of ether oxygens (including phenoxy) is 3. The topological polar surface area (TPSA) is 109 Å². The molecule has 0 saturated heterocycles. The molecule has 0 bridgehead atoms. The van der Waals surface area contributed by atoms with Gasteiger partial charge in [0, 0.05) is 17.2 Å². The lowest BCUT2D eigenvalue weighted by Crippen LogP contribution is -2.40. The van der Waals surface area contributed by atoms with E-state index in [1.54, 1.807) is 35.8 Å². The maximum Gasteiger partial charge on any atom is 0.338 e. The largest absolute Gasteiger partial charge is 0.494 e. The minimum absolute atomic E-state index is 0.163. The number of carbonyl (C=O) groups excluding carboxylic acids is 2. The highest BCUT2D eigenvalue weighted by molar-refractivity contribution is 7.07. The second-order valence-corrected chi connectivity index (χ2v) is 12.6. The number of thiazole rings is 1. The van der Waals surface area contributed by atoms with Crippen LogP contribution in [0.4, 0.5) is 0 Å². The Kier molecular flexibility index (Phi) is 9.77. The minimum atomic E-state index is -0.806. The van der Waals surface area contributed by atoms with Crippen molar-refractivity contribution < 1.29 is 28.2 Å². The van der Waals surface area contributed by atoms with E-state index >= 15 is 0 Å². The molecule has 6 rings (SSSR count). The fourth-order valence-electron chi connectivity index (χ4n) is 5.72. The summed E-state index contributed by atoms with van der Waals surface area (Å²) in [6.45, 7) is 9.84. The van der Waals surface area contributed by atoms with Crippen molar-refractivity contribution in [2.75, 3.05) is 13.2 Å². The molecule has 3 heterocycles. The zero-order chi connectivity index (χ0) is 34.7. The molecule has 0 radical (unpaired) electrons. The molecule has 0 saturated carbocycles. The van der Waals surface area contributed by atoms with Crippen LogP contribution in [-0.2, 0) is 14.3 Å². The molecular weight excluding hydrogens is 641 g/mol. The third-order valence-corrected chi connectivity index (χ3v) is 8.83. The number of fused-ring (bicyclic) bond motifs is 1. The van der Waals surface area contributed by atoms with Crippen LogP contribution < -0.4 is 19.6 Å². The summed E-state index contributed by atoms with van der Waals surface area (Å²) < 4.78 is 24.7. The van der Waals surface area contributed by atoms with Gasteiger partial charge in [-0.3, -0.25) is 9.36 Å². The molecular formula is C39H36N2O7S. The van der Waals surface area contributed by atoms with Gasteiger partial charge in [-0.1, -0.05) is 59.9 Å². The third-order valence-electron chi connectivity index (χ3n) is 7.85. The van der Waals surface area contributed by atoms with Crippen LogP contribution in [0.25, 0.3) is 23.1 Å². The Balaban J connectivity index is 1.46. The number of hydrogen-bond acceptors (Lipinski definition) is 9. The number of benzene rings is 3. The molecule has 0 N–H and O–H groups in total. The first-order valence-corrected chi connectivity index (χ1v) is 16.9. The van der Waals surface area contributed by atoms with E-state index in [-0.39, 0.29) is 29.8 Å². The SMILES string of the molecule is CCOC(=O)C1=C(c2ccccc2)N=c2s/c(=C\c3ccc(-c4ccc(C(=O)OC(C)C)cc4C)o3)c(=O)n2[C@H]1c1ccc(OCC)cc1. The summed E-state index contributed by atoms with van der Waals surface area (Å²) in [6.07, 6.45) is 1.46. The first-order chi connectivity index (χ1) is 23.7. The smallest absolute Gasteiger partial charge is 0.338 e. The quantitative estimate of drug-likeness (QED) is 0.156. The fraction of sp³-hybridized carbons (Fsp3) is 0.231. The normalized spacial score (nSPS) is 14.4. The van der Waals surface area contributed by atoms with Crippen LogP contribution in [-0.4, -0.2) is 35.8 Å². The molecule has 3 aromatic carbocycles. The molecule has 10 heteroatoms. The lowest BCUT2D eigenvalue weighted by atomic mass is 9.93. The summed E-state index contributed by atoms with van der Waals surface area (Å²) in [5.74, 6) is 0.799. The van der Waals surface area contributed by atoms with Gasteiger partial charge in [0.1, 0.15) is 17.3 Å². The Bertz CT molecular complexity index is 2220. The number of carbonyl (C=O) groups is 2. The van der Waals surface area contributed by atoms with Gasteiger partial charge in [-0.2, -0.15) is 0 Å². The lowest BCUT2D eigenvalue weighted by molar-refractivity contribution is -0.138. The molecule has 0 amide bonds. The molecule has 0 fully saturated rings. The standard InChI is InChI=1S/C39H36N2O7S/c1-6-45-28-16-13-26(14-17-28)35-33(38(44)46-7-2)34(25-11-9-8-10-12-25)40-39-41(35)36(42)32(49-39)22-29-18-20-31(48-29)30-19-15-27(21-24(30)5)37(43)47-23(3)4/h8-23,35H,6-7H2,1-5H3/b32-22-/t35-/m0/s1. The molecule has 1 aliphatic heterocycles. The highest BCUT2D eigenvalue weighted by Gasteiger charge is 2.35. The summed E-state index contributed by atoms with van der Waals surface area (Å²) in [5, 5.41) is 0. The summed E-state index contributed by atoms with van der Waals surface area (Å²) >= 11 is 1.22. The van der Waals surface area contributed by atoms with Crippen molar-refractivity contribution in [3.05, 3.63) is 138 Å². The molecule has 0 spiro atoms. The van der Waals surface area contributed by atoms with E-state index in [2.05, 4.69) is 0 Å². The van der Waals surface area contributed by atoms with Gasteiger partial charge < -0.3 is 18.6 Å². The Hall–Kier alpha value is -5.48. The van der Waals surface area contributed by atoms with E-state index in [0.29, 0.717) is 50.0 Å². The van der Waals surface area contributed by atoms with Crippen LogP contribution in [0.15, 0.2) is 105 Å². The van der Waals surface area contributed by atoms with E-state index in [9.17, 15) is 14.4 Å². The van der Waals surface area contributed by atoms with Gasteiger partial charge in [0.25, 0.3) is 5.56 Å². The predicted octanol–water partition coefficient (Wildman–Crippen LogP) is 6.47. The van der Waals surface area contributed by atoms with E-state index in [0.717, 1.165) is 16.7 Å². The van der Waals surface area contributed by atoms with Crippen LogP contribution >= 0.6 is 11.3 Å². The maximum atomic E-state index is 14.2. The molecule has 9 nitrogen and oxygen atoms in total. The molecule has 49 heavy (non-hydrogen) atoms. The number of esters is 2. The van der Waals surface area contributed by atoms with Crippen LogP contribution in [0.3, 0.4) is 0 Å². The zero-order valence-corrected chi connectivity index (χ0v) is 28.7. The lowest BCUT2D eigenvalue weighted by Gasteiger charge is -2.26. The first kappa shape index (κ1) is 33.4. The Labute approximate surface area is 287 Å². The van der Waals surface area contributed by atoms with E-state index < -0.39 is 12.0 Å². The van der Waals surface area contributed by atoms with Crippen molar-refractivity contribution in [1.29, 1.82) is 0 Å². The first-order valence-electron chi connectivity index (χ1n) is 16.1. The average Bonchev–Trinajstić information content (AvgIpc) is 3.68. The molecule has 5 aromatic rings. The number of rotatable bonds is 10. The van der Waals surface area contributed by atoms with Gasteiger partial charge in [-0.05, 0) is 82.1 Å². The number of aromatic nitrogens is 1. The second-order valence-electron chi connectivity index (χ2n) is 11.6. The Morgan fingerprint density at radius 1 is 0.959 bits per heavy atom. The fourth-order valence-corrected chi connectivity index (χ4v) is 6.70. The van der Waals surface area contributed by atoms with E-state index in [1.807, 2.05) is 94.4 Å². The van der Waals surface area contributed by atoms with Gasteiger partial charge in [0.05, 0.1) is 46.7 Å². The van der Waals surface area contributed by atoms with Crippen molar-refractivity contribution in [2.45, 2.75) is 46.8 Å². The van der Waals surface area contributed by atoms with Gasteiger partial charge in [0.2, 0.25) is 0 Å². The summed E-state index contributed by atoms with van der Waals surface area (Å²) in [6, 6.07) is 24.9. The molecule has 2 aromatic heterocycles. The van der Waals surface area contributed by atoms with Crippen LogP contribution in [0.1, 0.15) is 66.5 Å². The van der Waals surface area contributed by atoms with E-state index in [4.69, 9.17) is 23.6 Å². The van der Waals surface area contributed by atoms with Gasteiger partial charge in [-0.25, -0.2) is 14.6 Å². The monoisotopic (exact) mass is 676 g/mol. The van der Waals surface area contributed by atoms with Crippen LogP contribution in [0.5, 0.6) is 5.75 Å². The van der Waals surface area contributed by atoms with Crippen molar-refractivity contribution >= 4 is 35.0 Å². The predicted molar refractivity (Wildman–Crippen MR) is 188 cm³/mol. The van der Waals surface area contributed by atoms with Gasteiger partial charge in [-0.15, -0.1) is 0 Å². The number of hydrogen-bond donors (Lipinski definition) is 0. The average molecular weight is 677 g/mol. The van der Waals surface area contributed by atoms with Crippen LogP contribution in [0, 0.1) is 6.92 Å². The second kappa shape index (κ2) is 14.3. The summed E-state index contributed by atoms with van der Waals surface area (Å²) in [5.41, 5.74) is 3.95. The summed E-state index contributed by atoms with van der Waals surface area (Å²) in [7, 11) is 0. The zero-order valence-electron chi connectivity index (χ0n) is 27.9. The molecule has 0 unspecified atom stereocenters. The van der Waals surface area contributed by atoms with Gasteiger partial charge in [0.15, 0.2) is 4.80 Å². The van der Waals surface area contributed by atoms with Crippen LogP contribution in [0.2, 0.25) is 0 Å². The molecule has 250 valence electrons. The summed E-state index contributed by atoms with van der Waals surface area (Å²) in [4.78, 5) is 45.7. The van der Waals surface area contributed by atoms with Crippen molar-refractivity contribution in [1.82, 2.24) is 4.57 Å². The van der Waals surface area contributed by atoms with Crippen molar-refractivity contribution in [3.63, 3.8) is 0 Å². The maximum absolute atomic E-state index is 14.2. The van der Waals surface area contributed by atoms with Gasteiger partial charge >= 0.3 is 11.9 Å². The number of aryl methyl sites for hydroxylation is 1. The molecule has 0 aliphatic carbocycles. The highest BCUT2D eigenvalue weighted by Crippen LogP contribution is 2.36. The molecule has 1 aliphatic rings. The number of furan rings is 1.